The van der Waals surface area contributed by atoms with Crippen molar-refractivity contribution >= 4 is 80.9 Å². The molecule has 1 nitrogen and oxygen atoms in total. The highest BCUT2D eigenvalue weighted by atomic mass is 32.1. The third-order valence-electron chi connectivity index (χ3n) is 14.4. The van der Waals surface area contributed by atoms with Gasteiger partial charge in [0.1, 0.15) is 0 Å². The Morgan fingerprint density at radius 3 is 1.43 bits per heavy atom. The Balaban J connectivity index is 1.15. The zero-order valence-corrected chi connectivity index (χ0v) is 41.5. The van der Waals surface area contributed by atoms with E-state index in [9.17, 15) is 0 Å². The molecule has 0 saturated carbocycles. The predicted molar refractivity (Wildman–Crippen MR) is 306 cm³/mol. The highest BCUT2D eigenvalue weighted by molar-refractivity contribution is 7.26. The molecule has 0 fully saturated rings. The fraction of sp³-hybridized carbons (Fsp3) is 0.118. The molecule has 1 heterocycles. The summed E-state index contributed by atoms with van der Waals surface area (Å²) in [6.45, 7) is 14.0. The van der Waals surface area contributed by atoms with Crippen molar-refractivity contribution in [2.75, 3.05) is 4.90 Å². The van der Waals surface area contributed by atoms with Crippen LogP contribution in [-0.4, -0.2) is 0 Å². The summed E-state index contributed by atoms with van der Waals surface area (Å²) >= 11 is 1.88. The van der Waals surface area contributed by atoms with Crippen molar-refractivity contribution in [2.24, 2.45) is 0 Å². The molecule has 0 amide bonds. The lowest BCUT2D eigenvalue weighted by Gasteiger charge is -2.32. The Morgan fingerprint density at radius 1 is 0.314 bits per heavy atom. The third-order valence-corrected chi connectivity index (χ3v) is 15.6. The van der Waals surface area contributed by atoms with E-state index < -0.39 is 0 Å². The molecule has 0 atom stereocenters. The minimum absolute atomic E-state index is 0.0192. The zero-order chi connectivity index (χ0) is 47.7. The van der Waals surface area contributed by atoms with Crippen LogP contribution in [0.3, 0.4) is 0 Å². The van der Waals surface area contributed by atoms with Crippen LogP contribution < -0.4 is 4.90 Å². The summed E-state index contributed by atoms with van der Waals surface area (Å²) in [5, 5.41) is 10.0. The second-order valence-corrected chi connectivity index (χ2v) is 21.9. The van der Waals surface area contributed by atoms with Crippen molar-refractivity contribution in [1.82, 2.24) is 0 Å². The first-order chi connectivity index (χ1) is 34.0. The molecular weight excluding hydrogens is 863 g/mol. The van der Waals surface area contributed by atoms with E-state index in [1.165, 1.54) is 103 Å². The Labute approximate surface area is 416 Å². The molecule has 0 saturated heterocycles. The molecule has 0 aliphatic heterocycles. The second kappa shape index (κ2) is 17.0. The van der Waals surface area contributed by atoms with Crippen LogP contribution in [0, 0.1) is 0 Å². The van der Waals surface area contributed by atoms with Crippen molar-refractivity contribution in [2.45, 2.75) is 52.4 Å². The Morgan fingerprint density at radius 2 is 0.771 bits per heavy atom. The summed E-state index contributed by atoms with van der Waals surface area (Å²) in [7, 11) is 0. The van der Waals surface area contributed by atoms with Gasteiger partial charge >= 0.3 is 0 Å². The molecule has 12 rings (SSSR count). The monoisotopic (exact) mass is 917 g/mol. The van der Waals surface area contributed by atoms with Crippen LogP contribution >= 0.6 is 11.3 Å². The molecule has 0 radical (unpaired) electrons. The zero-order valence-electron chi connectivity index (χ0n) is 40.7. The van der Waals surface area contributed by atoms with Crippen molar-refractivity contribution in [3.05, 3.63) is 236 Å². The molecule has 338 valence electrons. The first-order valence-corrected chi connectivity index (χ1v) is 25.4. The van der Waals surface area contributed by atoms with E-state index in [1.54, 1.807) is 0 Å². The maximum Gasteiger partial charge on any atom is 0.0541 e. The smallest absolute Gasteiger partial charge is 0.0541 e. The SMILES string of the molecule is CC(C)(C)c1cc(-c2cccc3cccc(-c4ccccc4N(c4ccccc4-c4cccc5c4ccc4ccccc45)c4ccccc4-c4cccc5c4sc4ccccc45)c23)cc(C(C)(C)C)c1. The number of fused-ring (bicyclic) bond motifs is 7. The summed E-state index contributed by atoms with van der Waals surface area (Å²) in [6.07, 6.45) is 0. The van der Waals surface area contributed by atoms with Crippen LogP contribution in [0.15, 0.2) is 224 Å². The third kappa shape index (κ3) is 7.46. The van der Waals surface area contributed by atoms with Gasteiger partial charge in [-0.25, -0.2) is 0 Å². The molecule has 0 aliphatic rings. The number of nitrogens with zero attached hydrogens (tertiary/aromatic N) is 1. The van der Waals surface area contributed by atoms with Crippen LogP contribution in [0.1, 0.15) is 52.7 Å². The van der Waals surface area contributed by atoms with Gasteiger partial charge < -0.3 is 4.90 Å². The highest BCUT2D eigenvalue weighted by Gasteiger charge is 2.27. The average molecular weight is 918 g/mol. The van der Waals surface area contributed by atoms with Crippen LogP contribution in [0.25, 0.3) is 97.0 Å². The van der Waals surface area contributed by atoms with Gasteiger partial charge in [-0.3, -0.25) is 0 Å². The van der Waals surface area contributed by atoms with Gasteiger partial charge in [0, 0.05) is 42.4 Å². The molecule has 0 aliphatic carbocycles. The molecule has 0 bridgehead atoms. The fourth-order valence-electron chi connectivity index (χ4n) is 10.8. The predicted octanol–water partition coefficient (Wildman–Crippen LogP) is 20.2. The quantitative estimate of drug-likeness (QED) is 0.144. The number of benzene rings is 11. The van der Waals surface area contributed by atoms with Crippen LogP contribution in [0.5, 0.6) is 0 Å². The lowest BCUT2D eigenvalue weighted by Crippen LogP contribution is -2.16. The van der Waals surface area contributed by atoms with Gasteiger partial charge in [0.05, 0.1) is 17.1 Å². The maximum absolute atomic E-state index is 2.56. The largest absolute Gasteiger partial charge is 0.309 e. The van der Waals surface area contributed by atoms with Gasteiger partial charge in [-0.05, 0) is 101 Å². The Bertz CT molecular complexity index is 3950. The van der Waals surface area contributed by atoms with Crippen LogP contribution in [0.4, 0.5) is 17.1 Å². The first-order valence-electron chi connectivity index (χ1n) is 24.6. The van der Waals surface area contributed by atoms with Crippen LogP contribution in [0.2, 0.25) is 0 Å². The molecule has 0 unspecified atom stereocenters. The van der Waals surface area contributed by atoms with E-state index in [1.807, 2.05) is 11.3 Å². The fourth-order valence-corrected chi connectivity index (χ4v) is 12.0. The van der Waals surface area contributed by atoms with Gasteiger partial charge in [-0.15, -0.1) is 11.3 Å². The van der Waals surface area contributed by atoms with Gasteiger partial charge in [0.25, 0.3) is 0 Å². The van der Waals surface area contributed by atoms with E-state index >= 15 is 0 Å². The molecule has 11 aromatic carbocycles. The lowest BCUT2D eigenvalue weighted by atomic mass is 9.78. The number of anilines is 3. The van der Waals surface area contributed by atoms with E-state index in [4.69, 9.17) is 0 Å². The van der Waals surface area contributed by atoms with Crippen molar-refractivity contribution in [3.63, 3.8) is 0 Å². The first kappa shape index (κ1) is 43.5. The molecule has 2 heteroatoms. The van der Waals surface area contributed by atoms with Crippen molar-refractivity contribution in [1.29, 1.82) is 0 Å². The summed E-state index contributed by atoms with van der Waals surface area (Å²) < 4.78 is 2.59. The Kier molecular flexibility index (Phi) is 10.6. The highest BCUT2D eigenvalue weighted by Crippen LogP contribution is 2.52. The van der Waals surface area contributed by atoms with Gasteiger partial charge in [0.15, 0.2) is 0 Å². The van der Waals surface area contributed by atoms with E-state index in [-0.39, 0.29) is 10.8 Å². The number of hydrogen-bond donors (Lipinski definition) is 0. The van der Waals surface area contributed by atoms with Crippen LogP contribution in [-0.2, 0) is 10.8 Å². The van der Waals surface area contributed by atoms with E-state index in [0.29, 0.717) is 0 Å². The van der Waals surface area contributed by atoms with Gasteiger partial charge in [0.2, 0.25) is 0 Å². The summed E-state index contributed by atoms with van der Waals surface area (Å²) in [4.78, 5) is 2.56. The number of thiophene rings is 1. The van der Waals surface area contributed by atoms with Crippen molar-refractivity contribution in [3.8, 4) is 44.5 Å². The minimum atomic E-state index is -0.0192. The average Bonchev–Trinajstić information content (AvgIpc) is 3.77. The number of para-hydroxylation sites is 3. The molecule has 0 N–H and O–H groups in total. The Hall–Kier alpha value is -7.78. The van der Waals surface area contributed by atoms with Gasteiger partial charge in [-0.2, -0.15) is 0 Å². The molecule has 1 aromatic heterocycles. The summed E-state index contributed by atoms with van der Waals surface area (Å²) in [5.41, 5.74) is 15.6. The number of hydrogen-bond acceptors (Lipinski definition) is 2. The summed E-state index contributed by atoms with van der Waals surface area (Å²) in [5.74, 6) is 0. The normalized spacial score (nSPS) is 12.1. The van der Waals surface area contributed by atoms with Gasteiger partial charge in [-0.1, -0.05) is 242 Å². The molecular formula is C68H55NS. The standard InChI is InChI=1S/C68H55NS/c1-67(2,3)47-41-46(42-48(43-47)68(4,5)6)50-29-17-22-45-23-18-32-58(65(45)50)55-26-10-14-36-62(55)69(63-37-15-11-27-56(63)59-33-20-34-60-57-28-12-16-38-64(57)70-66(59)60)61-35-13-9-25-54(61)52-31-19-30-51-49-24-8-7-21-44(49)39-40-53(51)52/h7-43H,1-6H3. The molecule has 12 aromatic rings. The van der Waals surface area contributed by atoms with E-state index in [0.717, 1.165) is 22.6 Å². The van der Waals surface area contributed by atoms with Crippen molar-refractivity contribution < 1.29 is 0 Å². The second-order valence-electron chi connectivity index (χ2n) is 20.9. The minimum Gasteiger partial charge on any atom is -0.309 e. The molecule has 0 spiro atoms. The van der Waals surface area contributed by atoms with E-state index in [2.05, 4.69) is 271 Å². The topological polar surface area (TPSA) is 3.24 Å². The molecule has 70 heavy (non-hydrogen) atoms. The maximum atomic E-state index is 2.56. The number of rotatable bonds is 7. The summed E-state index contributed by atoms with van der Waals surface area (Å²) in [6, 6.07) is 84.0. The lowest BCUT2D eigenvalue weighted by molar-refractivity contribution is 0.569.